The van der Waals surface area contributed by atoms with E-state index < -0.39 is 4.92 Å². The van der Waals surface area contributed by atoms with Crippen LogP contribution < -0.4 is 16.2 Å². The summed E-state index contributed by atoms with van der Waals surface area (Å²) in [6.45, 7) is 0. The number of nitro groups is 1. The summed E-state index contributed by atoms with van der Waals surface area (Å²) in [5.74, 6) is 6.29. The highest BCUT2D eigenvalue weighted by Gasteiger charge is 2.16. The summed E-state index contributed by atoms with van der Waals surface area (Å²) in [6.07, 6.45) is 0. The van der Waals surface area contributed by atoms with E-state index in [2.05, 4.69) is 33.6 Å². The lowest BCUT2D eigenvalue weighted by Crippen LogP contribution is -2.16. The van der Waals surface area contributed by atoms with Gasteiger partial charge < -0.3 is 4.90 Å². The number of nitrogens with one attached hydrogen (secondary N) is 1. The summed E-state index contributed by atoms with van der Waals surface area (Å²) in [6, 6.07) is 22.6. The van der Waals surface area contributed by atoms with Crippen LogP contribution in [0.4, 0.5) is 23.1 Å². The van der Waals surface area contributed by atoms with Gasteiger partial charge in [0.25, 0.3) is 5.69 Å². The summed E-state index contributed by atoms with van der Waals surface area (Å²) in [5, 5.41) is 11.8. The number of nitrogen functional groups attached to an aromatic ring is 1. The topological polar surface area (TPSA) is 110 Å². The minimum absolute atomic E-state index is 0.0427. The predicted molar refractivity (Wildman–Crippen MR) is 114 cm³/mol. The number of hydrazine groups is 1. The average molecular weight is 386 g/mol. The number of aromatic nitrogens is 2. The first-order chi connectivity index (χ1) is 14.1. The number of nitrogens with zero attached hydrogens (tertiary/aromatic N) is 4. The van der Waals surface area contributed by atoms with E-state index in [1.165, 1.54) is 12.1 Å². The fourth-order valence-corrected chi connectivity index (χ4v) is 3.18. The van der Waals surface area contributed by atoms with Gasteiger partial charge in [-0.25, -0.2) is 10.8 Å². The lowest BCUT2D eigenvalue weighted by atomic mass is 10.0. The number of hydrogen-bond donors (Lipinski definition) is 2. The molecule has 0 atom stereocenters. The Morgan fingerprint density at radius 3 is 2.45 bits per heavy atom. The number of benzene rings is 3. The molecule has 8 heteroatoms. The molecule has 4 aromatic rings. The third-order valence-corrected chi connectivity index (χ3v) is 4.66. The van der Waals surface area contributed by atoms with E-state index in [4.69, 9.17) is 5.84 Å². The first kappa shape index (κ1) is 18.3. The molecule has 0 fully saturated rings. The van der Waals surface area contributed by atoms with Crippen molar-refractivity contribution in [2.24, 2.45) is 5.84 Å². The molecule has 0 aliphatic carbocycles. The van der Waals surface area contributed by atoms with Gasteiger partial charge >= 0.3 is 0 Å². The fraction of sp³-hybridized carbons (Fsp3) is 0.0476. The van der Waals surface area contributed by atoms with Crippen LogP contribution in [0.15, 0.2) is 72.8 Å². The van der Waals surface area contributed by atoms with Crippen LogP contribution in [0.5, 0.6) is 0 Å². The van der Waals surface area contributed by atoms with Crippen molar-refractivity contribution in [3.8, 4) is 11.1 Å². The number of non-ortho nitro benzene ring substituents is 1. The van der Waals surface area contributed by atoms with Crippen molar-refractivity contribution in [2.75, 3.05) is 17.4 Å². The third-order valence-electron chi connectivity index (χ3n) is 4.66. The maximum Gasteiger partial charge on any atom is 0.271 e. The van der Waals surface area contributed by atoms with Crippen LogP contribution in [0, 0.1) is 10.1 Å². The van der Waals surface area contributed by atoms with E-state index in [0.717, 1.165) is 16.8 Å². The number of anilines is 3. The first-order valence-electron chi connectivity index (χ1n) is 8.89. The Morgan fingerprint density at radius 1 is 0.966 bits per heavy atom. The number of rotatable bonds is 5. The summed E-state index contributed by atoms with van der Waals surface area (Å²) in [4.78, 5) is 21.3. The molecule has 3 aromatic carbocycles. The van der Waals surface area contributed by atoms with Crippen LogP contribution in [0.2, 0.25) is 0 Å². The van der Waals surface area contributed by atoms with E-state index in [1.54, 1.807) is 6.07 Å². The van der Waals surface area contributed by atoms with Crippen molar-refractivity contribution in [2.45, 2.75) is 0 Å². The average Bonchev–Trinajstić information content (AvgIpc) is 2.78. The molecule has 4 rings (SSSR count). The molecular weight excluding hydrogens is 368 g/mol. The largest absolute Gasteiger partial charge is 0.329 e. The van der Waals surface area contributed by atoms with E-state index >= 15 is 0 Å². The summed E-state index contributed by atoms with van der Waals surface area (Å²) in [5.41, 5.74) is 5.91. The second kappa shape index (κ2) is 7.53. The number of nitrogens with two attached hydrogens (primary N) is 1. The molecule has 3 N–H and O–H groups in total. The molecule has 0 saturated carbocycles. The minimum Gasteiger partial charge on any atom is -0.329 e. The number of nitro benzene ring substituents is 1. The van der Waals surface area contributed by atoms with Crippen LogP contribution in [-0.2, 0) is 0 Å². The maximum absolute atomic E-state index is 11.1. The molecule has 1 aromatic heterocycles. The molecule has 8 nitrogen and oxygen atoms in total. The summed E-state index contributed by atoms with van der Waals surface area (Å²) < 4.78 is 0. The molecule has 0 spiro atoms. The van der Waals surface area contributed by atoms with Gasteiger partial charge in [-0.05, 0) is 29.3 Å². The number of hydrogen-bond acceptors (Lipinski definition) is 7. The third kappa shape index (κ3) is 3.56. The first-order valence-corrected chi connectivity index (χ1v) is 8.89. The molecule has 0 aliphatic heterocycles. The second-order valence-electron chi connectivity index (χ2n) is 6.45. The Hall–Kier alpha value is -4.04. The second-order valence-corrected chi connectivity index (χ2v) is 6.45. The lowest BCUT2D eigenvalue weighted by molar-refractivity contribution is -0.384. The molecule has 0 bridgehead atoms. The zero-order valence-corrected chi connectivity index (χ0v) is 15.6. The highest BCUT2D eigenvalue weighted by atomic mass is 16.6. The molecule has 1 heterocycles. The van der Waals surface area contributed by atoms with Gasteiger partial charge in [0.2, 0.25) is 5.95 Å². The summed E-state index contributed by atoms with van der Waals surface area (Å²) >= 11 is 0. The van der Waals surface area contributed by atoms with Crippen molar-refractivity contribution in [1.82, 2.24) is 9.97 Å². The maximum atomic E-state index is 11.1. The van der Waals surface area contributed by atoms with E-state index in [-0.39, 0.29) is 11.6 Å². The normalized spacial score (nSPS) is 10.7. The number of fused-ring (bicyclic) bond motifs is 1. The van der Waals surface area contributed by atoms with Crippen LogP contribution in [0.25, 0.3) is 22.0 Å². The van der Waals surface area contributed by atoms with Crippen molar-refractivity contribution < 1.29 is 4.92 Å². The highest BCUT2D eigenvalue weighted by molar-refractivity contribution is 5.93. The minimum atomic E-state index is -0.455. The Balaban J connectivity index is 1.83. The SMILES string of the molecule is CN(c1cccc(-c2ccccc2)c1)c1nc(NN)nc2cc([N+](=O)[O-])ccc12. The molecule has 0 aliphatic rings. The molecule has 0 amide bonds. The Morgan fingerprint density at radius 2 is 1.72 bits per heavy atom. The zero-order chi connectivity index (χ0) is 20.4. The monoisotopic (exact) mass is 386 g/mol. The van der Waals surface area contributed by atoms with E-state index in [0.29, 0.717) is 16.7 Å². The standard InChI is InChI=1S/C21H18N6O2/c1-26(16-9-5-8-15(12-16)14-6-3-2-4-7-14)20-18-11-10-17(27(28)29)13-19(18)23-21(24-20)25-22/h2-13H,22H2,1H3,(H,23,24,25). The van der Waals surface area contributed by atoms with Gasteiger partial charge in [-0.1, -0.05) is 42.5 Å². The van der Waals surface area contributed by atoms with Crippen LogP contribution in [0.1, 0.15) is 0 Å². The zero-order valence-electron chi connectivity index (χ0n) is 15.6. The highest BCUT2D eigenvalue weighted by Crippen LogP contribution is 2.33. The molecule has 0 unspecified atom stereocenters. The van der Waals surface area contributed by atoms with Crippen LogP contribution in [-0.4, -0.2) is 21.9 Å². The van der Waals surface area contributed by atoms with Crippen LogP contribution >= 0.6 is 0 Å². The van der Waals surface area contributed by atoms with Crippen molar-refractivity contribution in [3.05, 3.63) is 82.9 Å². The molecule has 29 heavy (non-hydrogen) atoms. The van der Waals surface area contributed by atoms with E-state index in [9.17, 15) is 10.1 Å². The van der Waals surface area contributed by atoms with E-state index in [1.807, 2.05) is 48.3 Å². The van der Waals surface area contributed by atoms with Gasteiger partial charge in [0.1, 0.15) is 5.82 Å². The van der Waals surface area contributed by atoms with Gasteiger partial charge in [0.05, 0.1) is 10.4 Å². The van der Waals surface area contributed by atoms with Gasteiger partial charge in [-0.15, -0.1) is 0 Å². The molecule has 0 radical (unpaired) electrons. The van der Waals surface area contributed by atoms with Crippen LogP contribution in [0.3, 0.4) is 0 Å². The Kier molecular flexibility index (Phi) is 4.76. The molecule has 0 saturated heterocycles. The predicted octanol–water partition coefficient (Wildman–Crippen LogP) is 4.26. The summed E-state index contributed by atoms with van der Waals surface area (Å²) in [7, 11) is 1.88. The molecular formula is C21H18N6O2. The van der Waals surface area contributed by atoms with Gasteiger partial charge in [0.15, 0.2) is 0 Å². The van der Waals surface area contributed by atoms with Crippen molar-refractivity contribution >= 4 is 34.0 Å². The van der Waals surface area contributed by atoms with Gasteiger partial charge in [-0.2, -0.15) is 4.98 Å². The fourth-order valence-electron chi connectivity index (χ4n) is 3.18. The lowest BCUT2D eigenvalue weighted by Gasteiger charge is -2.21. The smallest absolute Gasteiger partial charge is 0.271 e. The quantitative estimate of drug-likeness (QED) is 0.299. The van der Waals surface area contributed by atoms with Gasteiger partial charge in [-0.3, -0.25) is 15.5 Å². The Labute approximate surface area is 166 Å². The molecule has 144 valence electrons. The van der Waals surface area contributed by atoms with Gasteiger partial charge in [0, 0.05) is 30.3 Å². The Bertz CT molecular complexity index is 1200. The van der Waals surface area contributed by atoms with Crippen molar-refractivity contribution in [3.63, 3.8) is 0 Å². The van der Waals surface area contributed by atoms with Crippen molar-refractivity contribution in [1.29, 1.82) is 0 Å².